The predicted molar refractivity (Wildman–Crippen MR) is 61.5 cm³/mol. The molecule has 6 heteroatoms. The molecule has 1 heterocycles. The van der Waals surface area contributed by atoms with Crippen molar-refractivity contribution in [3.63, 3.8) is 0 Å². The van der Waals surface area contributed by atoms with Crippen LogP contribution in [0.15, 0.2) is 34.3 Å². The molecule has 1 atom stereocenters. The van der Waals surface area contributed by atoms with Gasteiger partial charge in [0.1, 0.15) is 5.76 Å². The van der Waals surface area contributed by atoms with Gasteiger partial charge in [-0.25, -0.2) is 13.1 Å². The molecule has 5 nitrogen and oxygen atoms in total. The first kappa shape index (κ1) is 13.0. The summed E-state index contributed by atoms with van der Waals surface area (Å²) in [5.41, 5.74) is 0. The molecular formula is C10H16N2O3S. The van der Waals surface area contributed by atoms with Crippen molar-refractivity contribution in [3.8, 4) is 0 Å². The van der Waals surface area contributed by atoms with Crippen molar-refractivity contribution in [2.24, 2.45) is 0 Å². The van der Waals surface area contributed by atoms with Crippen LogP contribution in [0.3, 0.4) is 0 Å². The number of nitrogens with one attached hydrogen (secondary N) is 2. The number of furan rings is 1. The summed E-state index contributed by atoms with van der Waals surface area (Å²) in [6, 6.07) is 2.73. The molecule has 16 heavy (non-hydrogen) atoms. The Hall–Kier alpha value is -1.11. The molecule has 0 saturated carbocycles. The van der Waals surface area contributed by atoms with Crippen molar-refractivity contribution >= 4 is 10.0 Å². The van der Waals surface area contributed by atoms with E-state index in [-0.39, 0.29) is 11.1 Å². The zero-order valence-electron chi connectivity index (χ0n) is 9.36. The van der Waals surface area contributed by atoms with E-state index in [0.717, 1.165) is 0 Å². The Morgan fingerprint density at radius 2 is 2.25 bits per heavy atom. The van der Waals surface area contributed by atoms with E-state index < -0.39 is 10.0 Å². The molecule has 0 aliphatic rings. The molecule has 1 aromatic rings. The van der Waals surface area contributed by atoms with Crippen LogP contribution in [0.4, 0.5) is 0 Å². The molecule has 1 unspecified atom stereocenters. The lowest BCUT2D eigenvalue weighted by molar-refractivity contribution is 0.404. The summed E-state index contributed by atoms with van der Waals surface area (Å²) in [6.07, 6.45) is 1.51. The molecule has 0 aliphatic heterocycles. The average Bonchev–Trinajstić information content (AvgIpc) is 2.67. The molecule has 1 rings (SSSR count). The maximum Gasteiger partial charge on any atom is 0.274 e. The first-order valence-corrected chi connectivity index (χ1v) is 6.36. The van der Waals surface area contributed by atoms with Crippen LogP contribution in [0.5, 0.6) is 0 Å². The quantitative estimate of drug-likeness (QED) is 0.728. The fraction of sp³-hybridized carbons (Fsp3) is 0.400. The third-order valence-electron chi connectivity index (χ3n) is 1.95. The van der Waals surface area contributed by atoms with Gasteiger partial charge in [-0.05, 0) is 26.1 Å². The summed E-state index contributed by atoms with van der Waals surface area (Å²) in [7, 11) is -1.83. The van der Waals surface area contributed by atoms with E-state index in [2.05, 4.69) is 16.6 Å². The highest BCUT2D eigenvalue weighted by Gasteiger charge is 2.19. The second-order valence-corrected chi connectivity index (χ2v) is 5.04. The molecule has 0 bridgehead atoms. The molecule has 0 amide bonds. The highest BCUT2D eigenvalue weighted by molar-refractivity contribution is 7.89. The highest BCUT2D eigenvalue weighted by Crippen LogP contribution is 2.14. The minimum Gasteiger partial charge on any atom is -0.447 e. The third kappa shape index (κ3) is 3.19. The predicted octanol–water partition coefficient (Wildman–Crippen LogP) is 0.852. The van der Waals surface area contributed by atoms with E-state index in [0.29, 0.717) is 12.3 Å². The summed E-state index contributed by atoms with van der Waals surface area (Å²) in [5, 5.41) is 2.80. The Labute approximate surface area is 95.6 Å². The van der Waals surface area contributed by atoms with Crippen molar-refractivity contribution in [2.75, 3.05) is 7.05 Å². The molecule has 1 aromatic heterocycles. The van der Waals surface area contributed by atoms with Crippen molar-refractivity contribution in [1.29, 1.82) is 0 Å². The van der Waals surface area contributed by atoms with Crippen LogP contribution >= 0.6 is 0 Å². The normalized spacial score (nSPS) is 13.6. The van der Waals surface area contributed by atoms with Gasteiger partial charge >= 0.3 is 0 Å². The van der Waals surface area contributed by atoms with Crippen LogP contribution < -0.4 is 10.0 Å². The molecule has 0 aromatic carbocycles. The molecule has 0 aliphatic carbocycles. The van der Waals surface area contributed by atoms with Gasteiger partial charge in [-0.2, -0.15) is 0 Å². The van der Waals surface area contributed by atoms with Gasteiger partial charge < -0.3 is 9.73 Å². The largest absolute Gasteiger partial charge is 0.447 e. The summed E-state index contributed by atoms with van der Waals surface area (Å²) < 4.78 is 31.1. The second-order valence-electron chi connectivity index (χ2n) is 3.40. The number of hydrogen-bond donors (Lipinski definition) is 2. The van der Waals surface area contributed by atoms with Gasteiger partial charge in [0.15, 0.2) is 0 Å². The van der Waals surface area contributed by atoms with E-state index in [1.807, 2.05) is 0 Å². The Bertz CT molecular complexity index is 450. The minimum atomic E-state index is -3.58. The molecule has 0 saturated heterocycles. The van der Waals surface area contributed by atoms with Crippen LogP contribution in [0.25, 0.3) is 0 Å². The van der Waals surface area contributed by atoms with Crippen LogP contribution in [-0.4, -0.2) is 21.5 Å². The number of hydrogen-bond acceptors (Lipinski definition) is 4. The van der Waals surface area contributed by atoms with Crippen LogP contribution in [0, 0.1) is 0 Å². The maximum atomic E-state index is 11.7. The standard InChI is InChI=1S/C10H16N2O3S/c1-4-8(2)12-16(13,14)10-6-5-9(15-10)7-11-3/h4-6,8,11-12H,1,7H2,2-3H3. The lowest BCUT2D eigenvalue weighted by Gasteiger charge is -2.07. The molecule has 2 N–H and O–H groups in total. The van der Waals surface area contributed by atoms with Gasteiger partial charge in [-0.1, -0.05) is 6.08 Å². The van der Waals surface area contributed by atoms with Gasteiger partial charge in [0.05, 0.1) is 6.54 Å². The topological polar surface area (TPSA) is 71.3 Å². The van der Waals surface area contributed by atoms with Gasteiger partial charge in [0, 0.05) is 6.04 Å². The monoisotopic (exact) mass is 244 g/mol. The molecule has 0 radical (unpaired) electrons. The Morgan fingerprint density at radius 3 is 2.81 bits per heavy atom. The van der Waals surface area contributed by atoms with E-state index in [4.69, 9.17) is 4.42 Å². The lowest BCUT2D eigenvalue weighted by Crippen LogP contribution is -2.30. The summed E-state index contributed by atoms with van der Waals surface area (Å²) in [5.74, 6) is 0.578. The lowest BCUT2D eigenvalue weighted by atomic mass is 10.4. The smallest absolute Gasteiger partial charge is 0.274 e. The second kappa shape index (κ2) is 5.29. The molecule has 90 valence electrons. The zero-order valence-corrected chi connectivity index (χ0v) is 10.2. The SMILES string of the molecule is C=CC(C)NS(=O)(=O)c1ccc(CNC)o1. The van der Waals surface area contributed by atoms with Gasteiger partial charge in [0.25, 0.3) is 10.0 Å². The van der Waals surface area contributed by atoms with Crippen LogP contribution in [0.1, 0.15) is 12.7 Å². The highest BCUT2D eigenvalue weighted by atomic mass is 32.2. The Balaban J connectivity index is 2.85. The van der Waals surface area contributed by atoms with E-state index in [9.17, 15) is 8.42 Å². The van der Waals surface area contributed by atoms with Crippen molar-refractivity contribution in [1.82, 2.24) is 10.0 Å². The van der Waals surface area contributed by atoms with E-state index >= 15 is 0 Å². The number of rotatable bonds is 6. The first-order valence-electron chi connectivity index (χ1n) is 4.88. The summed E-state index contributed by atoms with van der Waals surface area (Å²) in [6.45, 7) is 5.69. The van der Waals surface area contributed by atoms with E-state index in [1.54, 1.807) is 20.0 Å². The summed E-state index contributed by atoms with van der Waals surface area (Å²) >= 11 is 0. The van der Waals surface area contributed by atoms with Crippen LogP contribution in [-0.2, 0) is 16.6 Å². The first-order chi connectivity index (χ1) is 7.49. The van der Waals surface area contributed by atoms with Gasteiger partial charge in [-0.15, -0.1) is 6.58 Å². The van der Waals surface area contributed by atoms with E-state index in [1.165, 1.54) is 12.1 Å². The van der Waals surface area contributed by atoms with Gasteiger partial charge in [0.2, 0.25) is 5.09 Å². The molecular weight excluding hydrogens is 228 g/mol. The number of sulfonamides is 1. The minimum absolute atomic E-state index is 0.0774. The third-order valence-corrected chi connectivity index (χ3v) is 3.38. The van der Waals surface area contributed by atoms with Gasteiger partial charge in [-0.3, -0.25) is 0 Å². The Kier molecular flexibility index (Phi) is 4.28. The molecule has 0 fully saturated rings. The fourth-order valence-electron chi connectivity index (χ4n) is 1.12. The van der Waals surface area contributed by atoms with Crippen molar-refractivity contribution < 1.29 is 12.8 Å². The van der Waals surface area contributed by atoms with Crippen molar-refractivity contribution in [2.45, 2.75) is 24.6 Å². The Morgan fingerprint density at radius 1 is 1.56 bits per heavy atom. The van der Waals surface area contributed by atoms with Crippen molar-refractivity contribution in [3.05, 3.63) is 30.5 Å². The van der Waals surface area contributed by atoms with Crippen LogP contribution in [0.2, 0.25) is 0 Å². The zero-order chi connectivity index (χ0) is 12.2. The maximum absolute atomic E-state index is 11.7. The summed E-state index contributed by atoms with van der Waals surface area (Å²) in [4.78, 5) is 0. The molecule has 0 spiro atoms. The average molecular weight is 244 g/mol. The fourth-order valence-corrected chi connectivity index (χ4v) is 2.29.